The summed E-state index contributed by atoms with van der Waals surface area (Å²) in [5.74, 6) is 0.639. The van der Waals surface area contributed by atoms with Gasteiger partial charge in [-0.25, -0.2) is 0 Å². The first-order valence-corrected chi connectivity index (χ1v) is 7.67. The van der Waals surface area contributed by atoms with Gasteiger partial charge in [0.15, 0.2) is 0 Å². The number of rotatable bonds is 3. The van der Waals surface area contributed by atoms with Gasteiger partial charge in [-0.2, -0.15) is 0 Å². The Kier molecular flexibility index (Phi) is 3.95. The zero-order valence-corrected chi connectivity index (χ0v) is 13.1. The number of nitrogens with one attached hydrogen (secondary N) is 1. The summed E-state index contributed by atoms with van der Waals surface area (Å²) in [4.78, 5) is 26.4. The predicted molar refractivity (Wildman–Crippen MR) is 79.4 cm³/mol. The monoisotopic (exact) mass is 306 g/mol. The molecule has 0 unspecified atom stereocenters. The maximum Gasteiger partial charge on any atom is 0.257 e. The fourth-order valence-corrected chi connectivity index (χ4v) is 3.66. The lowest BCUT2D eigenvalue weighted by Crippen LogP contribution is -2.47. The third-order valence-corrected chi connectivity index (χ3v) is 5.14. The maximum atomic E-state index is 12.5. The highest BCUT2D eigenvalue weighted by atomic mass is 16.5. The van der Waals surface area contributed by atoms with Gasteiger partial charge in [-0.05, 0) is 25.8 Å². The van der Waals surface area contributed by atoms with Crippen LogP contribution in [0.3, 0.4) is 0 Å². The molecular weight excluding hydrogens is 284 g/mol. The average Bonchev–Trinajstić information content (AvgIpc) is 3.07. The summed E-state index contributed by atoms with van der Waals surface area (Å²) in [5, 5.41) is 2.96. The van der Waals surface area contributed by atoms with E-state index in [1.54, 1.807) is 26.4 Å². The average molecular weight is 306 g/mol. The van der Waals surface area contributed by atoms with E-state index in [9.17, 15) is 9.59 Å². The minimum absolute atomic E-state index is 0.0154. The summed E-state index contributed by atoms with van der Waals surface area (Å²) < 4.78 is 10.4. The molecule has 0 bridgehead atoms. The van der Waals surface area contributed by atoms with Crippen molar-refractivity contribution in [3.63, 3.8) is 0 Å². The van der Waals surface area contributed by atoms with Crippen molar-refractivity contribution in [3.8, 4) is 0 Å². The third-order valence-electron chi connectivity index (χ3n) is 5.14. The molecule has 2 saturated heterocycles. The third kappa shape index (κ3) is 2.41. The summed E-state index contributed by atoms with van der Waals surface area (Å²) in [6.45, 7) is 4.26. The van der Waals surface area contributed by atoms with Gasteiger partial charge in [0.25, 0.3) is 5.91 Å². The second kappa shape index (κ2) is 5.76. The van der Waals surface area contributed by atoms with Crippen LogP contribution in [0.1, 0.15) is 29.0 Å². The molecule has 0 aromatic carbocycles. The first-order chi connectivity index (χ1) is 10.6. The van der Waals surface area contributed by atoms with E-state index >= 15 is 0 Å². The normalized spacial score (nSPS) is 23.8. The molecule has 2 aliphatic rings. The molecule has 2 aliphatic heterocycles. The van der Waals surface area contributed by atoms with Gasteiger partial charge >= 0.3 is 0 Å². The number of carbonyl (C=O) groups excluding carboxylic acids is 2. The highest BCUT2D eigenvalue weighted by Crippen LogP contribution is 2.42. The Balaban J connectivity index is 1.69. The Bertz CT molecular complexity index is 572. The van der Waals surface area contributed by atoms with Crippen LogP contribution in [0.2, 0.25) is 0 Å². The smallest absolute Gasteiger partial charge is 0.257 e. The van der Waals surface area contributed by atoms with Gasteiger partial charge in [-0.15, -0.1) is 0 Å². The quantitative estimate of drug-likeness (QED) is 0.911. The Hall–Kier alpha value is -1.82. The summed E-state index contributed by atoms with van der Waals surface area (Å²) in [7, 11) is 1.62. The van der Waals surface area contributed by atoms with Crippen LogP contribution in [-0.2, 0) is 9.53 Å². The fourth-order valence-electron chi connectivity index (χ4n) is 3.66. The molecule has 120 valence electrons. The van der Waals surface area contributed by atoms with E-state index in [0.29, 0.717) is 37.6 Å². The van der Waals surface area contributed by atoms with Crippen LogP contribution in [0.25, 0.3) is 0 Å². The minimum atomic E-state index is -0.106. The number of furan rings is 1. The fraction of sp³-hybridized carbons (Fsp3) is 0.625. The van der Waals surface area contributed by atoms with Gasteiger partial charge < -0.3 is 19.4 Å². The number of likely N-dealkylation sites (tertiary alicyclic amines) is 1. The molecule has 1 spiro atoms. The van der Waals surface area contributed by atoms with Crippen molar-refractivity contribution >= 4 is 11.8 Å². The Morgan fingerprint density at radius 3 is 2.82 bits per heavy atom. The Morgan fingerprint density at radius 1 is 1.50 bits per heavy atom. The van der Waals surface area contributed by atoms with E-state index in [0.717, 1.165) is 12.8 Å². The number of aryl methyl sites for hydroxylation is 1. The van der Waals surface area contributed by atoms with Gasteiger partial charge in [-0.3, -0.25) is 9.59 Å². The second-order valence-electron chi connectivity index (χ2n) is 6.27. The van der Waals surface area contributed by atoms with Crippen LogP contribution in [0.15, 0.2) is 16.7 Å². The number of amides is 2. The van der Waals surface area contributed by atoms with Crippen molar-refractivity contribution in [2.24, 2.45) is 11.3 Å². The summed E-state index contributed by atoms with van der Waals surface area (Å²) in [5.41, 5.74) is 0.556. The number of nitrogens with zero attached hydrogens (tertiary/aromatic N) is 1. The number of carbonyl (C=O) groups is 2. The molecule has 2 amide bonds. The second-order valence-corrected chi connectivity index (χ2v) is 6.27. The lowest BCUT2D eigenvalue weighted by molar-refractivity contribution is -0.126. The van der Waals surface area contributed by atoms with E-state index in [2.05, 4.69) is 5.32 Å². The molecule has 6 heteroatoms. The molecule has 3 rings (SSSR count). The largest absolute Gasteiger partial charge is 0.469 e. The first-order valence-electron chi connectivity index (χ1n) is 7.67. The molecule has 1 aromatic rings. The van der Waals surface area contributed by atoms with Gasteiger partial charge in [0.2, 0.25) is 5.91 Å². The van der Waals surface area contributed by atoms with Crippen molar-refractivity contribution in [2.45, 2.75) is 19.8 Å². The summed E-state index contributed by atoms with van der Waals surface area (Å²) in [6, 6.07) is 1.72. The van der Waals surface area contributed by atoms with Crippen molar-refractivity contribution in [1.82, 2.24) is 10.2 Å². The standard InChI is InChI=1S/C16H22N2O4/c1-11-12(3-8-22-11)15(20)18-6-4-16(5-7-18)10-17-14(19)13(16)9-21-2/h3,8,13H,4-7,9-10H2,1-2H3,(H,17,19)/t13-/m0/s1. The van der Waals surface area contributed by atoms with E-state index in [4.69, 9.17) is 9.15 Å². The van der Waals surface area contributed by atoms with Crippen LogP contribution in [0, 0.1) is 18.3 Å². The van der Waals surface area contributed by atoms with Crippen LogP contribution in [0.5, 0.6) is 0 Å². The van der Waals surface area contributed by atoms with Crippen molar-refractivity contribution in [1.29, 1.82) is 0 Å². The predicted octanol–water partition coefficient (Wildman–Crippen LogP) is 1.20. The molecule has 6 nitrogen and oxygen atoms in total. The van der Waals surface area contributed by atoms with Gasteiger partial charge in [-0.1, -0.05) is 0 Å². The zero-order chi connectivity index (χ0) is 15.7. The lowest BCUT2D eigenvalue weighted by Gasteiger charge is -2.41. The van der Waals surface area contributed by atoms with Crippen LogP contribution in [0.4, 0.5) is 0 Å². The number of hydrogen-bond donors (Lipinski definition) is 1. The number of hydrogen-bond acceptors (Lipinski definition) is 4. The Morgan fingerprint density at radius 2 is 2.23 bits per heavy atom. The highest BCUT2D eigenvalue weighted by molar-refractivity contribution is 5.95. The molecule has 3 heterocycles. The Labute approximate surface area is 129 Å². The molecule has 0 radical (unpaired) electrons. The summed E-state index contributed by atoms with van der Waals surface area (Å²) >= 11 is 0. The molecular formula is C16H22N2O4. The molecule has 1 N–H and O–H groups in total. The molecule has 0 saturated carbocycles. The van der Waals surface area contributed by atoms with E-state index in [1.165, 1.54) is 0 Å². The van der Waals surface area contributed by atoms with E-state index < -0.39 is 0 Å². The van der Waals surface area contributed by atoms with Crippen LogP contribution < -0.4 is 5.32 Å². The molecule has 22 heavy (non-hydrogen) atoms. The van der Waals surface area contributed by atoms with Crippen LogP contribution in [-0.4, -0.2) is 50.1 Å². The number of ether oxygens (including phenoxy) is 1. The molecule has 1 aromatic heterocycles. The lowest BCUT2D eigenvalue weighted by atomic mass is 9.71. The molecule has 2 fully saturated rings. The van der Waals surface area contributed by atoms with E-state index in [1.807, 2.05) is 4.90 Å². The molecule has 1 atom stereocenters. The van der Waals surface area contributed by atoms with Gasteiger partial charge in [0.1, 0.15) is 5.76 Å². The SMILES string of the molecule is COC[C@H]1C(=O)NCC12CCN(C(=O)c1ccoc1C)CC2. The van der Waals surface area contributed by atoms with Crippen molar-refractivity contribution in [2.75, 3.05) is 33.4 Å². The topological polar surface area (TPSA) is 71.8 Å². The van der Waals surface area contributed by atoms with Crippen molar-refractivity contribution < 1.29 is 18.7 Å². The van der Waals surface area contributed by atoms with Crippen LogP contribution >= 0.6 is 0 Å². The van der Waals surface area contributed by atoms with Gasteiger partial charge in [0, 0.05) is 32.2 Å². The van der Waals surface area contributed by atoms with Crippen molar-refractivity contribution in [3.05, 3.63) is 23.7 Å². The zero-order valence-electron chi connectivity index (χ0n) is 13.1. The first kappa shape index (κ1) is 15.1. The molecule has 0 aliphatic carbocycles. The maximum absolute atomic E-state index is 12.5. The van der Waals surface area contributed by atoms with E-state index in [-0.39, 0.29) is 23.1 Å². The number of methoxy groups -OCH3 is 1. The highest BCUT2D eigenvalue weighted by Gasteiger charge is 2.50. The van der Waals surface area contributed by atoms with Gasteiger partial charge in [0.05, 0.1) is 24.4 Å². The summed E-state index contributed by atoms with van der Waals surface area (Å²) in [6.07, 6.45) is 3.19. The minimum Gasteiger partial charge on any atom is -0.469 e. The number of piperidine rings is 1.